The molecule has 33 heavy (non-hydrogen) atoms. The van der Waals surface area contributed by atoms with E-state index in [4.69, 9.17) is 18.9 Å². The summed E-state index contributed by atoms with van der Waals surface area (Å²) in [6.45, 7) is 7.14. The average Bonchev–Trinajstić information content (AvgIpc) is 3.28. The third kappa shape index (κ3) is 4.03. The van der Waals surface area contributed by atoms with E-state index in [-0.39, 0.29) is 35.9 Å². The number of aliphatic hydroxyl groups excluding tert-OH is 1. The number of esters is 2. The molecule has 2 saturated carbocycles. The largest absolute Gasteiger partial charge is 0.465 e. The number of alkyl halides is 1. The lowest BCUT2D eigenvalue weighted by atomic mass is 9.41. The summed E-state index contributed by atoms with van der Waals surface area (Å²) in [5.74, 6) is -0.648. The van der Waals surface area contributed by atoms with E-state index in [1.807, 2.05) is 0 Å². The average molecular weight is 580 g/mol. The van der Waals surface area contributed by atoms with Crippen LogP contribution in [0.1, 0.15) is 66.2 Å². The van der Waals surface area contributed by atoms with Gasteiger partial charge in [-0.15, -0.1) is 0 Å². The summed E-state index contributed by atoms with van der Waals surface area (Å²) in [5.41, 5.74) is -2.46. The van der Waals surface area contributed by atoms with Crippen LogP contribution in [0.3, 0.4) is 0 Å². The highest BCUT2D eigenvalue weighted by molar-refractivity contribution is 14.1. The van der Waals surface area contributed by atoms with E-state index < -0.39 is 41.6 Å². The monoisotopic (exact) mass is 580 g/mol. The number of rotatable bonds is 5. The lowest BCUT2D eigenvalue weighted by molar-refractivity contribution is -0.289. The minimum atomic E-state index is -1.16. The van der Waals surface area contributed by atoms with Crippen molar-refractivity contribution < 1.29 is 38.7 Å². The van der Waals surface area contributed by atoms with Crippen LogP contribution >= 0.6 is 22.6 Å². The summed E-state index contributed by atoms with van der Waals surface area (Å²) in [5, 5.41) is 22.0. The number of fused-ring (bicyclic) bond motifs is 2. The van der Waals surface area contributed by atoms with Gasteiger partial charge in [-0.05, 0) is 37.5 Å². The van der Waals surface area contributed by atoms with Crippen molar-refractivity contribution in [3.8, 4) is 0 Å². The first-order chi connectivity index (χ1) is 15.5. The Balaban J connectivity index is 1.79. The molecule has 188 valence electrons. The Morgan fingerprint density at radius 2 is 1.88 bits per heavy atom. The molecule has 4 aliphatic rings. The zero-order chi connectivity index (χ0) is 24.2. The topological polar surface area (TPSA) is 112 Å². The maximum atomic E-state index is 12.2. The molecule has 0 radical (unpaired) electrons. The van der Waals surface area contributed by atoms with E-state index >= 15 is 0 Å². The highest BCUT2D eigenvalue weighted by Gasteiger charge is 2.71. The molecule has 2 heterocycles. The molecular weight excluding hydrogens is 543 g/mol. The van der Waals surface area contributed by atoms with Gasteiger partial charge in [0, 0.05) is 36.0 Å². The second-order valence-electron chi connectivity index (χ2n) is 10.8. The highest BCUT2D eigenvalue weighted by atomic mass is 127. The Bertz CT molecular complexity index is 764. The number of carbonyl (C=O) groups excluding carboxylic acids is 2. The Morgan fingerprint density at radius 3 is 2.48 bits per heavy atom. The van der Waals surface area contributed by atoms with E-state index in [9.17, 15) is 19.8 Å². The molecule has 9 heteroatoms. The zero-order valence-corrected chi connectivity index (χ0v) is 22.1. The van der Waals surface area contributed by atoms with Crippen molar-refractivity contribution >= 4 is 34.5 Å². The Labute approximate surface area is 209 Å². The van der Waals surface area contributed by atoms with Crippen molar-refractivity contribution in [2.75, 3.05) is 11.0 Å². The number of carbonyl (C=O) groups is 2. The van der Waals surface area contributed by atoms with Crippen molar-refractivity contribution in [2.24, 2.45) is 28.6 Å². The Hall–Kier alpha value is -0.490. The van der Waals surface area contributed by atoms with Crippen molar-refractivity contribution in [1.82, 2.24) is 0 Å². The first-order valence-corrected chi connectivity index (χ1v) is 13.6. The second kappa shape index (κ2) is 9.19. The minimum Gasteiger partial charge on any atom is -0.465 e. The molecule has 0 amide bonds. The predicted molar refractivity (Wildman–Crippen MR) is 126 cm³/mol. The fourth-order valence-electron chi connectivity index (χ4n) is 7.50. The third-order valence-corrected chi connectivity index (χ3v) is 10.5. The fourth-order valence-corrected chi connectivity index (χ4v) is 8.59. The van der Waals surface area contributed by atoms with Gasteiger partial charge in [0.1, 0.15) is 12.7 Å². The quantitative estimate of drug-likeness (QED) is 0.290. The van der Waals surface area contributed by atoms with Crippen LogP contribution in [0.4, 0.5) is 0 Å². The van der Waals surface area contributed by atoms with Crippen molar-refractivity contribution in [2.45, 2.75) is 96.6 Å². The lowest BCUT2D eigenvalue weighted by Crippen LogP contribution is -2.72. The summed E-state index contributed by atoms with van der Waals surface area (Å²) in [4.78, 5) is 24.1. The lowest BCUT2D eigenvalue weighted by Gasteiger charge is -2.66. The summed E-state index contributed by atoms with van der Waals surface area (Å²) in [6, 6.07) is 0. The van der Waals surface area contributed by atoms with Gasteiger partial charge in [-0.1, -0.05) is 42.9 Å². The van der Waals surface area contributed by atoms with Crippen LogP contribution in [-0.2, 0) is 28.5 Å². The van der Waals surface area contributed by atoms with Gasteiger partial charge in [-0.3, -0.25) is 9.59 Å². The molecule has 0 aromatic heterocycles. The molecule has 2 saturated heterocycles. The first kappa shape index (κ1) is 25.6. The van der Waals surface area contributed by atoms with E-state index in [2.05, 4.69) is 36.4 Å². The van der Waals surface area contributed by atoms with Crippen LogP contribution in [-0.4, -0.2) is 63.6 Å². The molecule has 4 rings (SSSR count). The van der Waals surface area contributed by atoms with Gasteiger partial charge in [0.2, 0.25) is 0 Å². The van der Waals surface area contributed by atoms with Crippen LogP contribution in [0.15, 0.2) is 0 Å². The number of hydrogen-bond acceptors (Lipinski definition) is 8. The Kier molecular flexibility index (Phi) is 7.12. The predicted octanol–water partition coefficient (Wildman–Crippen LogP) is 2.95. The molecule has 0 bridgehead atoms. The summed E-state index contributed by atoms with van der Waals surface area (Å²) >= 11 is 2.20. The normalized spacial score (nSPS) is 49.2. The van der Waals surface area contributed by atoms with Crippen LogP contribution in [0.2, 0.25) is 0 Å². The number of hydrogen-bond donors (Lipinski definition) is 2. The van der Waals surface area contributed by atoms with Gasteiger partial charge in [0.15, 0.2) is 12.6 Å². The maximum absolute atomic E-state index is 12.2. The van der Waals surface area contributed by atoms with E-state index in [1.54, 1.807) is 0 Å². The molecule has 2 aliphatic heterocycles. The van der Waals surface area contributed by atoms with E-state index in [0.717, 1.165) is 19.3 Å². The van der Waals surface area contributed by atoms with Crippen molar-refractivity contribution in [3.05, 3.63) is 0 Å². The van der Waals surface area contributed by atoms with Gasteiger partial charge < -0.3 is 29.2 Å². The maximum Gasteiger partial charge on any atom is 0.302 e. The number of aliphatic hydroxyl groups is 2. The molecule has 4 fully saturated rings. The molecule has 2 aliphatic carbocycles. The SMILES string of the molecule is CC(=O)OC[C@@]12[C@@H](OC(C)=O)C[C@@H](C)[C@](C)([C@@H]3C[C@H]4C[C@@H](O)O[C@H]4O3)[C@H]1CCC[C@]2(O)CI. The molecule has 10 atom stereocenters. The fraction of sp³-hybridized carbons (Fsp3) is 0.917. The van der Waals surface area contributed by atoms with E-state index in [1.165, 1.54) is 13.8 Å². The molecule has 2 N–H and O–H groups in total. The van der Waals surface area contributed by atoms with Crippen LogP contribution in [0.25, 0.3) is 0 Å². The van der Waals surface area contributed by atoms with Crippen LogP contribution in [0.5, 0.6) is 0 Å². The van der Waals surface area contributed by atoms with Gasteiger partial charge in [-0.25, -0.2) is 0 Å². The van der Waals surface area contributed by atoms with Crippen molar-refractivity contribution in [3.63, 3.8) is 0 Å². The number of ether oxygens (including phenoxy) is 4. The summed E-state index contributed by atoms with van der Waals surface area (Å²) in [6.07, 6.45) is 2.17. The smallest absolute Gasteiger partial charge is 0.302 e. The van der Waals surface area contributed by atoms with Crippen molar-refractivity contribution in [1.29, 1.82) is 0 Å². The van der Waals surface area contributed by atoms with E-state index in [0.29, 0.717) is 23.7 Å². The number of halogens is 1. The van der Waals surface area contributed by atoms with Crippen LogP contribution < -0.4 is 0 Å². The molecule has 0 aromatic rings. The third-order valence-electron chi connectivity index (χ3n) is 9.26. The second-order valence-corrected chi connectivity index (χ2v) is 11.6. The van der Waals surface area contributed by atoms with Gasteiger partial charge in [0.05, 0.1) is 17.1 Å². The first-order valence-electron chi connectivity index (χ1n) is 12.1. The van der Waals surface area contributed by atoms with Crippen LogP contribution in [0, 0.1) is 28.6 Å². The Morgan fingerprint density at radius 1 is 1.15 bits per heavy atom. The zero-order valence-electron chi connectivity index (χ0n) is 19.9. The standard InChI is InChI=1S/C24H37IO8/c1-13-8-19(31-15(3)27)24(12-30-14(2)26)17(6-5-7-23(24,29)11-25)22(13,4)18-9-16-10-20(28)33-21(16)32-18/h13,16-21,28-29H,5-12H2,1-4H3/t13-,16+,17-,18+,19+,20+,21-,22+,23+,24+/m1/s1. The summed E-state index contributed by atoms with van der Waals surface area (Å²) < 4.78 is 24.0. The molecule has 0 spiro atoms. The van der Waals surface area contributed by atoms with Gasteiger partial charge >= 0.3 is 11.9 Å². The molecule has 8 nitrogen and oxygen atoms in total. The molecule has 0 unspecified atom stereocenters. The minimum absolute atomic E-state index is 0.00154. The molecular formula is C24H37IO8. The highest BCUT2D eigenvalue weighted by Crippen LogP contribution is 2.67. The molecule has 0 aromatic carbocycles. The van der Waals surface area contributed by atoms with Gasteiger partial charge in [-0.2, -0.15) is 0 Å². The van der Waals surface area contributed by atoms with Gasteiger partial charge in [0.25, 0.3) is 0 Å². The summed E-state index contributed by atoms with van der Waals surface area (Å²) in [7, 11) is 0.